The van der Waals surface area contributed by atoms with Crippen molar-refractivity contribution in [1.82, 2.24) is 15.0 Å². The molecule has 100 valence electrons. The van der Waals surface area contributed by atoms with E-state index in [-0.39, 0.29) is 11.7 Å². The molecule has 2 rings (SSSR count). The predicted octanol–water partition coefficient (Wildman–Crippen LogP) is 1.98. The molecule has 0 saturated carbocycles. The molecular formula is C12H15N5O2. The third-order valence-corrected chi connectivity index (χ3v) is 2.82. The zero-order valence-electron chi connectivity index (χ0n) is 10.6. The largest absolute Gasteiger partial charge is 0.323 e. The molecule has 7 nitrogen and oxygen atoms in total. The highest BCUT2D eigenvalue weighted by Crippen LogP contribution is 2.17. The minimum atomic E-state index is -0.437. The highest BCUT2D eigenvalue weighted by atomic mass is 16.6. The van der Waals surface area contributed by atoms with E-state index in [0.717, 1.165) is 18.5 Å². The van der Waals surface area contributed by atoms with Gasteiger partial charge in [0.15, 0.2) is 0 Å². The predicted molar refractivity (Wildman–Crippen MR) is 69.8 cm³/mol. The molecule has 0 aliphatic rings. The smallest absolute Gasteiger partial charge is 0.269 e. The van der Waals surface area contributed by atoms with Crippen molar-refractivity contribution in [2.75, 3.05) is 0 Å². The number of rotatable bonds is 5. The Morgan fingerprint density at radius 3 is 2.68 bits per heavy atom. The van der Waals surface area contributed by atoms with Gasteiger partial charge in [-0.1, -0.05) is 18.6 Å². The third kappa shape index (κ3) is 2.94. The van der Waals surface area contributed by atoms with Gasteiger partial charge in [-0.25, -0.2) is 4.68 Å². The standard InChI is InChI=1S/C12H15N5O2/c1-2-3-11(13)12-8-16(15-14-12)9-4-6-10(7-5-9)17(18)19/h4-8,11H,2-3,13H2,1H3. The Bertz CT molecular complexity index is 564. The van der Waals surface area contributed by atoms with Crippen LogP contribution in [0.5, 0.6) is 0 Å². The topological polar surface area (TPSA) is 99.9 Å². The van der Waals surface area contributed by atoms with Crippen LogP contribution in [0.2, 0.25) is 0 Å². The molecule has 1 aromatic carbocycles. The second-order valence-corrected chi connectivity index (χ2v) is 4.26. The van der Waals surface area contributed by atoms with Crippen molar-refractivity contribution in [3.8, 4) is 5.69 Å². The quantitative estimate of drug-likeness (QED) is 0.655. The SMILES string of the molecule is CCCC(N)c1cn(-c2ccc([N+](=O)[O-])cc2)nn1. The molecule has 1 heterocycles. The van der Waals surface area contributed by atoms with Crippen LogP contribution in [0.3, 0.4) is 0 Å². The van der Waals surface area contributed by atoms with E-state index >= 15 is 0 Å². The van der Waals surface area contributed by atoms with Gasteiger partial charge in [0.05, 0.1) is 28.5 Å². The summed E-state index contributed by atoms with van der Waals surface area (Å²) in [7, 11) is 0. The Hall–Kier alpha value is -2.28. The molecule has 0 spiro atoms. The zero-order chi connectivity index (χ0) is 13.8. The fourth-order valence-electron chi connectivity index (χ4n) is 1.76. The van der Waals surface area contributed by atoms with Gasteiger partial charge in [-0.2, -0.15) is 0 Å². The number of hydrogen-bond donors (Lipinski definition) is 1. The van der Waals surface area contributed by atoms with Crippen molar-refractivity contribution in [3.05, 3.63) is 46.3 Å². The summed E-state index contributed by atoms with van der Waals surface area (Å²) in [5.74, 6) is 0. The van der Waals surface area contributed by atoms with Gasteiger partial charge in [-0.15, -0.1) is 5.10 Å². The first-order valence-electron chi connectivity index (χ1n) is 6.04. The van der Waals surface area contributed by atoms with Crippen LogP contribution >= 0.6 is 0 Å². The van der Waals surface area contributed by atoms with Gasteiger partial charge in [0.25, 0.3) is 5.69 Å². The van der Waals surface area contributed by atoms with Crippen molar-refractivity contribution in [1.29, 1.82) is 0 Å². The van der Waals surface area contributed by atoms with Crippen molar-refractivity contribution in [3.63, 3.8) is 0 Å². The van der Waals surface area contributed by atoms with Gasteiger partial charge < -0.3 is 5.73 Å². The highest BCUT2D eigenvalue weighted by molar-refractivity contribution is 5.40. The van der Waals surface area contributed by atoms with E-state index in [0.29, 0.717) is 5.69 Å². The Morgan fingerprint density at radius 1 is 1.42 bits per heavy atom. The molecule has 1 atom stereocenters. The monoisotopic (exact) mass is 261 g/mol. The number of hydrogen-bond acceptors (Lipinski definition) is 5. The van der Waals surface area contributed by atoms with Gasteiger partial charge in [0.2, 0.25) is 0 Å². The van der Waals surface area contributed by atoms with Crippen LogP contribution in [0, 0.1) is 10.1 Å². The highest BCUT2D eigenvalue weighted by Gasteiger charge is 2.11. The summed E-state index contributed by atoms with van der Waals surface area (Å²) in [5, 5.41) is 18.6. The van der Waals surface area contributed by atoms with Crippen molar-refractivity contribution in [2.24, 2.45) is 5.73 Å². The second kappa shape index (κ2) is 5.57. The number of nitro groups is 1. The van der Waals surface area contributed by atoms with Crippen LogP contribution in [0.4, 0.5) is 5.69 Å². The number of nitrogens with two attached hydrogens (primary N) is 1. The molecule has 0 aliphatic carbocycles. The van der Waals surface area contributed by atoms with E-state index in [1.54, 1.807) is 23.0 Å². The van der Waals surface area contributed by atoms with E-state index in [4.69, 9.17) is 5.73 Å². The minimum absolute atomic E-state index is 0.0479. The van der Waals surface area contributed by atoms with Gasteiger partial charge >= 0.3 is 0 Å². The van der Waals surface area contributed by atoms with Gasteiger partial charge in [0, 0.05) is 12.1 Å². The molecule has 1 aromatic heterocycles. The Morgan fingerprint density at radius 2 is 2.11 bits per heavy atom. The maximum absolute atomic E-state index is 10.6. The number of non-ortho nitro benzene ring substituents is 1. The molecular weight excluding hydrogens is 246 g/mol. The molecule has 0 fully saturated rings. The van der Waals surface area contributed by atoms with E-state index in [9.17, 15) is 10.1 Å². The number of aromatic nitrogens is 3. The Kier molecular flexibility index (Phi) is 3.86. The van der Waals surface area contributed by atoms with Crippen molar-refractivity contribution >= 4 is 5.69 Å². The average Bonchev–Trinajstić information content (AvgIpc) is 2.89. The summed E-state index contributed by atoms with van der Waals surface area (Å²) in [6, 6.07) is 5.99. The van der Waals surface area contributed by atoms with Gasteiger partial charge in [0.1, 0.15) is 0 Å². The fraction of sp³-hybridized carbons (Fsp3) is 0.333. The first-order valence-corrected chi connectivity index (χ1v) is 6.04. The summed E-state index contributed by atoms with van der Waals surface area (Å²) in [6.07, 6.45) is 3.58. The van der Waals surface area contributed by atoms with Crippen molar-refractivity contribution in [2.45, 2.75) is 25.8 Å². The third-order valence-electron chi connectivity index (χ3n) is 2.82. The van der Waals surface area contributed by atoms with Crippen LogP contribution in [0.25, 0.3) is 5.69 Å². The molecule has 0 radical (unpaired) electrons. The van der Waals surface area contributed by atoms with Crippen LogP contribution in [0.15, 0.2) is 30.5 Å². The molecule has 19 heavy (non-hydrogen) atoms. The first kappa shape index (κ1) is 13.2. The zero-order valence-corrected chi connectivity index (χ0v) is 10.6. The molecule has 0 aliphatic heterocycles. The lowest BCUT2D eigenvalue weighted by atomic mass is 10.1. The Labute approximate surface area is 110 Å². The van der Waals surface area contributed by atoms with E-state index in [2.05, 4.69) is 17.2 Å². The molecule has 2 N–H and O–H groups in total. The number of nitro benzene ring substituents is 1. The fourth-order valence-corrected chi connectivity index (χ4v) is 1.76. The second-order valence-electron chi connectivity index (χ2n) is 4.26. The van der Waals surface area contributed by atoms with Crippen LogP contribution in [-0.2, 0) is 0 Å². The van der Waals surface area contributed by atoms with Crippen molar-refractivity contribution < 1.29 is 4.92 Å². The normalized spacial score (nSPS) is 12.3. The van der Waals surface area contributed by atoms with Crippen LogP contribution in [0.1, 0.15) is 31.5 Å². The Balaban J connectivity index is 2.20. The number of benzene rings is 1. The summed E-state index contributed by atoms with van der Waals surface area (Å²) >= 11 is 0. The summed E-state index contributed by atoms with van der Waals surface area (Å²) in [5.41, 5.74) is 7.44. The summed E-state index contributed by atoms with van der Waals surface area (Å²) in [4.78, 5) is 10.1. The molecule has 0 bridgehead atoms. The van der Waals surface area contributed by atoms with Crippen LogP contribution < -0.4 is 5.73 Å². The first-order chi connectivity index (χ1) is 9.11. The van der Waals surface area contributed by atoms with E-state index < -0.39 is 4.92 Å². The van der Waals surface area contributed by atoms with E-state index in [1.165, 1.54) is 12.1 Å². The molecule has 1 unspecified atom stereocenters. The van der Waals surface area contributed by atoms with Gasteiger partial charge in [-0.05, 0) is 18.6 Å². The molecule has 2 aromatic rings. The van der Waals surface area contributed by atoms with E-state index in [1.807, 2.05) is 0 Å². The van der Waals surface area contributed by atoms with Crippen LogP contribution in [-0.4, -0.2) is 19.9 Å². The molecule has 0 amide bonds. The lowest BCUT2D eigenvalue weighted by molar-refractivity contribution is -0.384. The average molecular weight is 261 g/mol. The molecule has 0 saturated heterocycles. The lowest BCUT2D eigenvalue weighted by Gasteiger charge is -2.04. The minimum Gasteiger partial charge on any atom is -0.323 e. The lowest BCUT2D eigenvalue weighted by Crippen LogP contribution is -2.10. The van der Waals surface area contributed by atoms with Gasteiger partial charge in [-0.3, -0.25) is 10.1 Å². The maximum atomic E-state index is 10.6. The molecule has 7 heteroatoms. The summed E-state index contributed by atoms with van der Waals surface area (Å²) in [6.45, 7) is 2.06. The number of nitrogens with zero attached hydrogens (tertiary/aromatic N) is 4. The maximum Gasteiger partial charge on any atom is 0.269 e. The summed E-state index contributed by atoms with van der Waals surface area (Å²) < 4.78 is 1.56.